The number of cyclic esters (lactones) is 1. The van der Waals surface area contributed by atoms with Crippen LogP contribution in [0.25, 0.3) is 0 Å². The van der Waals surface area contributed by atoms with Gasteiger partial charge in [0, 0.05) is 49.1 Å². The molecule has 2 fully saturated rings. The minimum atomic E-state index is -0.166. The molecule has 162 valence electrons. The topological polar surface area (TPSA) is 36.0 Å². The number of rotatable bonds is 6. The van der Waals surface area contributed by atoms with Crippen LogP contribution in [0.2, 0.25) is 0 Å². The number of ether oxygens (including phenoxy) is 1. The third-order valence-corrected chi connectivity index (χ3v) is 6.90. The Hall–Kier alpha value is -1.89. The summed E-state index contributed by atoms with van der Waals surface area (Å²) in [5.74, 6) is 0. The first-order valence-corrected chi connectivity index (χ1v) is 11.1. The van der Waals surface area contributed by atoms with E-state index in [2.05, 4.69) is 66.1 Å². The number of anilines is 1. The molecule has 30 heavy (non-hydrogen) atoms. The third kappa shape index (κ3) is 5.42. The SMILES string of the molecule is Cc1ccc(Sc2ccccc2N2CCN(CCN3CCOC3=O)CC2)c(C)c1.Cl. The lowest BCUT2D eigenvalue weighted by molar-refractivity contribution is 0.152. The number of para-hydroxylation sites is 1. The number of halogens is 1. The Kier molecular flexibility index (Phi) is 7.92. The number of carbonyl (C=O) groups is 1. The number of benzene rings is 2. The van der Waals surface area contributed by atoms with Crippen molar-refractivity contribution in [1.29, 1.82) is 0 Å². The number of hydrogen-bond donors (Lipinski definition) is 0. The van der Waals surface area contributed by atoms with Gasteiger partial charge in [-0.15, -0.1) is 12.4 Å². The molecule has 2 aromatic rings. The molecule has 2 saturated heterocycles. The average molecular weight is 448 g/mol. The van der Waals surface area contributed by atoms with Crippen molar-refractivity contribution >= 4 is 35.9 Å². The molecule has 0 aromatic heterocycles. The Balaban J connectivity index is 0.00000256. The van der Waals surface area contributed by atoms with Crippen molar-refractivity contribution in [2.45, 2.75) is 23.6 Å². The fourth-order valence-electron chi connectivity index (χ4n) is 3.94. The highest BCUT2D eigenvalue weighted by Gasteiger charge is 2.24. The van der Waals surface area contributed by atoms with Crippen molar-refractivity contribution in [2.24, 2.45) is 0 Å². The van der Waals surface area contributed by atoms with Gasteiger partial charge in [-0.3, -0.25) is 4.90 Å². The lowest BCUT2D eigenvalue weighted by Crippen LogP contribution is -2.48. The summed E-state index contributed by atoms with van der Waals surface area (Å²) < 4.78 is 5.02. The minimum absolute atomic E-state index is 0. The van der Waals surface area contributed by atoms with E-state index in [4.69, 9.17) is 4.74 Å². The Morgan fingerprint density at radius 2 is 1.70 bits per heavy atom. The zero-order valence-electron chi connectivity index (χ0n) is 17.7. The Bertz CT molecular complexity index is 871. The normalized spacial score (nSPS) is 17.1. The number of amides is 1. The van der Waals surface area contributed by atoms with E-state index in [1.54, 1.807) is 0 Å². The molecule has 0 spiro atoms. The van der Waals surface area contributed by atoms with Crippen LogP contribution in [0, 0.1) is 13.8 Å². The van der Waals surface area contributed by atoms with Gasteiger partial charge in [-0.25, -0.2) is 4.79 Å². The van der Waals surface area contributed by atoms with Crippen LogP contribution in [-0.2, 0) is 4.74 Å². The Morgan fingerprint density at radius 1 is 0.933 bits per heavy atom. The second kappa shape index (κ2) is 10.4. The van der Waals surface area contributed by atoms with Crippen LogP contribution in [0.15, 0.2) is 52.3 Å². The molecule has 2 heterocycles. The highest BCUT2D eigenvalue weighted by Crippen LogP contribution is 2.37. The molecule has 0 bridgehead atoms. The summed E-state index contributed by atoms with van der Waals surface area (Å²) in [6, 6.07) is 15.4. The molecule has 2 aliphatic heterocycles. The highest BCUT2D eigenvalue weighted by molar-refractivity contribution is 7.99. The van der Waals surface area contributed by atoms with Gasteiger partial charge in [0.25, 0.3) is 0 Å². The third-order valence-electron chi connectivity index (χ3n) is 5.66. The summed E-state index contributed by atoms with van der Waals surface area (Å²) in [6.45, 7) is 11.3. The van der Waals surface area contributed by atoms with Crippen LogP contribution in [0.5, 0.6) is 0 Å². The molecule has 5 nitrogen and oxygen atoms in total. The second-order valence-electron chi connectivity index (χ2n) is 7.77. The molecule has 0 aliphatic carbocycles. The highest BCUT2D eigenvalue weighted by atomic mass is 35.5. The van der Waals surface area contributed by atoms with E-state index >= 15 is 0 Å². The molecule has 0 radical (unpaired) electrons. The number of hydrogen-bond acceptors (Lipinski definition) is 5. The zero-order valence-corrected chi connectivity index (χ0v) is 19.3. The van der Waals surface area contributed by atoms with Crippen LogP contribution >= 0.6 is 24.2 Å². The number of piperazine rings is 1. The van der Waals surface area contributed by atoms with Crippen LogP contribution < -0.4 is 4.90 Å². The zero-order chi connectivity index (χ0) is 20.2. The summed E-state index contributed by atoms with van der Waals surface area (Å²) in [5.41, 5.74) is 3.95. The maximum atomic E-state index is 11.6. The molecule has 1 amide bonds. The second-order valence-corrected chi connectivity index (χ2v) is 8.85. The summed E-state index contributed by atoms with van der Waals surface area (Å²) in [6.07, 6.45) is -0.166. The first-order chi connectivity index (χ1) is 14.1. The summed E-state index contributed by atoms with van der Waals surface area (Å²) in [4.78, 5) is 21.0. The summed E-state index contributed by atoms with van der Waals surface area (Å²) >= 11 is 1.86. The van der Waals surface area contributed by atoms with Crippen LogP contribution in [0.4, 0.5) is 10.5 Å². The first kappa shape index (κ1) is 22.8. The standard InChI is InChI=1S/C23H29N3O2S.ClH/c1-18-7-8-21(19(2)17-18)29-22-6-4-3-5-20(22)25-12-9-24(10-13-25)11-14-26-15-16-28-23(26)27;/h3-8,17H,9-16H2,1-2H3;1H. The van der Waals surface area contributed by atoms with E-state index in [1.807, 2.05) is 16.7 Å². The largest absolute Gasteiger partial charge is 0.448 e. The first-order valence-electron chi connectivity index (χ1n) is 10.3. The van der Waals surface area contributed by atoms with Gasteiger partial charge in [-0.1, -0.05) is 41.6 Å². The molecule has 0 N–H and O–H groups in total. The number of nitrogens with zero attached hydrogens (tertiary/aromatic N) is 3. The molecule has 7 heteroatoms. The molecular weight excluding hydrogens is 418 g/mol. The monoisotopic (exact) mass is 447 g/mol. The fourth-order valence-corrected chi connectivity index (χ4v) is 4.98. The van der Waals surface area contributed by atoms with Gasteiger partial charge in [0.05, 0.1) is 12.2 Å². The predicted octanol–water partition coefficient (Wildman–Crippen LogP) is 4.45. The maximum Gasteiger partial charge on any atom is 0.409 e. The summed E-state index contributed by atoms with van der Waals surface area (Å²) in [7, 11) is 0. The van der Waals surface area contributed by atoms with E-state index in [0.29, 0.717) is 6.61 Å². The quantitative estimate of drug-likeness (QED) is 0.653. The van der Waals surface area contributed by atoms with Gasteiger partial charge in [-0.2, -0.15) is 0 Å². The van der Waals surface area contributed by atoms with E-state index in [-0.39, 0.29) is 18.5 Å². The van der Waals surface area contributed by atoms with Gasteiger partial charge in [-0.05, 0) is 37.6 Å². The van der Waals surface area contributed by atoms with Crippen LogP contribution in [0.3, 0.4) is 0 Å². The van der Waals surface area contributed by atoms with Gasteiger partial charge in [0.1, 0.15) is 6.61 Å². The van der Waals surface area contributed by atoms with Gasteiger partial charge in [0.15, 0.2) is 0 Å². The summed E-state index contributed by atoms with van der Waals surface area (Å²) in [5, 5.41) is 0. The van der Waals surface area contributed by atoms with Crippen molar-refractivity contribution in [1.82, 2.24) is 9.80 Å². The molecule has 0 unspecified atom stereocenters. The fraction of sp³-hybridized carbons (Fsp3) is 0.435. The maximum absolute atomic E-state index is 11.6. The number of carbonyl (C=O) groups excluding carboxylic acids is 1. The van der Waals surface area contributed by atoms with Crippen LogP contribution in [0.1, 0.15) is 11.1 Å². The van der Waals surface area contributed by atoms with Gasteiger partial charge >= 0.3 is 6.09 Å². The van der Waals surface area contributed by atoms with E-state index in [1.165, 1.54) is 26.6 Å². The minimum Gasteiger partial charge on any atom is -0.448 e. The van der Waals surface area contributed by atoms with E-state index in [9.17, 15) is 4.79 Å². The molecule has 2 aliphatic rings. The van der Waals surface area contributed by atoms with E-state index < -0.39 is 0 Å². The van der Waals surface area contributed by atoms with Crippen molar-refractivity contribution in [3.05, 3.63) is 53.6 Å². The number of aryl methyl sites for hydroxylation is 2. The van der Waals surface area contributed by atoms with Crippen molar-refractivity contribution in [3.63, 3.8) is 0 Å². The average Bonchev–Trinajstić information content (AvgIpc) is 3.14. The van der Waals surface area contributed by atoms with Gasteiger partial charge in [0.2, 0.25) is 0 Å². The predicted molar refractivity (Wildman–Crippen MR) is 125 cm³/mol. The van der Waals surface area contributed by atoms with Crippen molar-refractivity contribution in [3.8, 4) is 0 Å². The van der Waals surface area contributed by atoms with Gasteiger partial charge < -0.3 is 14.5 Å². The van der Waals surface area contributed by atoms with Crippen molar-refractivity contribution < 1.29 is 9.53 Å². The van der Waals surface area contributed by atoms with Crippen LogP contribution in [-0.4, -0.2) is 68.3 Å². The van der Waals surface area contributed by atoms with E-state index in [0.717, 1.165) is 45.8 Å². The molecule has 0 saturated carbocycles. The van der Waals surface area contributed by atoms with Crippen molar-refractivity contribution in [2.75, 3.05) is 57.3 Å². The Morgan fingerprint density at radius 3 is 2.40 bits per heavy atom. The lowest BCUT2D eigenvalue weighted by atomic mass is 10.2. The molecule has 2 aromatic carbocycles. The molecular formula is C23H30ClN3O2S. The molecule has 0 atom stereocenters. The molecule has 4 rings (SSSR count). The smallest absolute Gasteiger partial charge is 0.409 e. The Labute approximate surface area is 189 Å². The lowest BCUT2D eigenvalue weighted by Gasteiger charge is -2.37.